The van der Waals surface area contributed by atoms with Gasteiger partial charge in [0.25, 0.3) is 0 Å². The molecule has 0 saturated heterocycles. The predicted molar refractivity (Wildman–Crippen MR) is 75.4 cm³/mol. The number of rotatable bonds is 6. The Balaban J connectivity index is 3.26. The molecule has 0 aliphatic carbocycles. The lowest BCUT2D eigenvalue weighted by Crippen LogP contribution is -2.63. The molecule has 1 heterocycles. The Morgan fingerprint density at radius 2 is 2.00 bits per heavy atom. The molecule has 7 heteroatoms. The lowest BCUT2D eigenvalue weighted by molar-refractivity contribution is -0.293. The molecule has 21 heavy (non-hydrogen) atoms. The van der Waals surface area contributed by atoms with Crippen molar-refractivity contribution < 1.29 is 24.3 Å². The Hall–Kier alpha value is -1.63. The summed E-state index contributed by atoms with van der Waals surface area (Å²) < 4.78 is 10.3. The number of hydrazone groups is 1. The maximum Gasteiger partial charge on any atom is 0.376 e. The van der Waals surface area contributed by atoms with Gasteiger partial charge >= 0.3 is 17.7 Å². The fourth-order valence-corrected chi connectivity index (χ4v) is 2.08. The summed E-state index contributed by atoms with van der Waals surface area (Å²) in [5.74, 6) is -2.16. The smallest absolute Gasteiger partial charge is 0.376 e. The summed E-state index contributed by atoms with van der Waals surface area (Å²) in [7, 11) is 0. The van der Waals surface area contributed by atoms with E-state index in [0.29, 0.717) is 18.0 Å². The van der Waals surface area contributed by atoms with Gasteiger partial charge in [0, 0.05) is 11.8 Å². The van der Waals surface area contributed by atoms with Gasteiger partial charge in [-0.15, -0.1) is 10.3 Å². The molecule has 0 bridgehead atoms. The molecular weight excluding hydrogens is 276 g/mol. The van der Waals surface area contributed by atoms with Crippen molar-refractivity contribution in [3.8, 4) is 0 Å². The standard InChI is InChI=1S/C14H24N2O5/c1-6-9(4)11-12(17)21-14(10(5)7-2,16(19)15-11)13(18)20-8-3/h9-10,19H,6-8H2,1-5H3/t9-,10-,14+/m0/s1. The second kappa shape index (κ2) is 6.89. The van der Waals surface area contributed by atoms with Crippen molar-refractivity contribution in [2.45, 2.75) is 53.2 Å². The topological polar surface area (TPSA) is 88.4 Å². The van der Waals surface area contributed by atoms with Gasteiger partial charge in [0.1, 0.15) is 0 Å². The third kappa shape index (κ3) is 3.02. The van der Waals surface area contributed by atoms with E-state index in [0.717, 1.165) is 0 Å². The highest BCUT2D eigenvalue weighted by atomic mass is 16.7. The summed E-state index contributed by atoms with van der Waals surface area (Å²) in [6.07, 6.45) is 1.16. The zero-order chi connectivity index (χ0) is 16.2. The van der Waals surface area contributed by atoms with Crippen LogP contribution in [0.3, 0.4) is 0 Å². The third-order valence-corrected chi connectivity index (χ3v) is 3.88. The number of esters is 2. The third-order valence-electron chi connectivity index (χ3n) is 3.88. The molecule has 120 valence electrons. The lowest BCUT2D eigenvalue weighted by Gasteiger charge is -2.41. The van der Waals surface area contributed by atoms with Crippen molar-refractivity contribution in [1.29, 1.82) is 0 Å². The molecule has 1 aliphatic rings. The molecule has 0 fully saturated rings. The molecule has 7 nitrogen and oxygen atoms in total. The minimum absolute atomic E-state index is 0.100. The van der Waals surface area contributed by atoms with Crippen molar-refractivity contribution in [3.63, 3.8) is 0 Å². The van der Waals surface area contributed by atoms with Crippen LogP contribution in [0.1, 0.15) is 47.5 Å². The first kappa shape index (κ1) is 17.4. The molecular formula is C14H24N2O5. The molecule has 0 aromatic rings. The van der Waals surface area contributed by atoms with Gasteiger partial charge < -0.3 is 9.47 Å². The fraction of sp³-hybridized carbons (Fsp3) is 0.786. The average molecular weight is 300 g/mol. The Kier molecular flexibility index (Phi) is 5.71. The molecule has 0 aromatic carbocycles. The van der Waals surface area contributed by atoms with Gasteiger partial charge in [0.15, 0.2) is 5.71 Å². The predicted octanol–water partition coefficient (Wildman–Crippen LogP) is 1.94. The Morgan fingerprint density at radius 1 is 1.38 bits per heavy atom. The summed E-state index contributed by atoms with van der Waals surface area (Å²) in [6, 6.07) is 0. The maximum absolute atomic E-state index is 12.3. The largest absolute Gasteiger partial charge is 0.461 e. The number of cyclic esters (lactones) is 1. The zero-order valence-corrected chi connectivity index (χ0v) is 13.3. The molecule has 0 radical (unpaired) electrons. The van der Waals surface area contributed by atoms with E-state index in [-0.39, 0.29) is 18.2 Å². The first-order valence-corrected chi connectivity index (χ1v) is 7.33. The molecule has 1 rings (SSSR count). The second-order valence-corrected chi connectivity index (χ2v) is 5.20. The van der Waals surface area contributed by atoms with Crippen LogP contribution in [-0.2, 0) is 19.1 Å². The monoisotopic (exact) mass is 300 g/mol. The quantitative estimate of drug-likeness (QED) is 0.754. The summed E-state index contributed by atoms with van der Waals surface area (Å²) in [4.78, 5) is 24.4. The van der Waals surface area contributed by atoms with Crippen LogP contribution in [0, 0.1) is 11.8 Å². The van der Waals surface area contributed by atoms with Crippen molar-refractivity contribution in [2.24, 2.45) is 16.9 Å². The number of carbonyl (C=O) groups excluding carboxylic acids is 2. The number of ether oxygens (including phenoxy) is 2. The van der Waals surface area contributed by atoms with Gasteiger partial charge in [-0.05, 0) is 19.8 Å². The fourth-order valence-electron chi connectivity index (χ4n) is 2.08. The van der Waals surface area contributed by atoms with Crippen LogP contribution in [0.15, 0.2) is 5.10 Å². The van der Waals surface area contributed by atoms with E-state index < -0.39 is 23.6 Å². The van der Waals surface area contributed by atoms with Crippen LogP contribution in [0.4, 0.5) is 0 Å². The first-order valence-electron chi connectivity index (χ1n) is 7.33. The molecule has 1 N–H and O–H groups in total. The number of hydrogen-bond donors (Lipinski definition) is 1. The highest BCUT2D eigenvalue weighted by Gasteiger charge is 2.57. The summed E-state index contributed by atoms with van der Waals surface area (Å²) in [5, 5.41) is 14.6. The number of hydroxylamine groups is 1. The van der Waals surface area contributed by atoms with Gasteiger partial charge in [-0.1, -0.05) is 27.7 Å². The van der Waals surface area contributed by atoms with E-state index in [1.165, 1.54) is 0 Å². The van der Waals surface area contributed by atoms with Gasteiger partial charge in [-0.25, -0.2) is 9.59 Å². The summed E-state index contributed by atoms with van der Waals surface area (Å²) >= 11 is 0. The molecule has 0 aromatic heterocycles. The van der Waals surface area contributed by atoms with Crippen molar-refractivity contribution in [2.75, 3.05) is 6.61 Å². The van der Waals surface area contributed by atoms with Crippen LogP contribution in [-0.4, -0.2) is 40.4 Å². The van der Waals surface area contributed by atoms with Crippen LogP contribution in [0.25, 0.3) is 0 Å². The normalized spacial score (nSPS) is 25.0. The highest BCUT2D eigenvalue weighted by Crippen LogP contribution is 2.33. The van der Waals surface area contributed by atoms with Crippen LogP contribution < -0.4 is 0 Å². The highest BCUT2D eigenvalue weighted by molar-refractivity contribution is 6.37. The summed E-state index contributed by atoms with van der Waals surface area (Å²) in [5.41, 5.74) is -1.82. The van der Waals surface area contributed by atoms with Crippen molar-refractivity contribution >= 4 is 17.7 Å². The zero-order valence-electron chi connectivity index (χ0n) is 13.3. The molecule has 0 spiro atoms. The molecule has 0 saturated carbocycles. The van der Waals surface area contributed by atoms with E-state index in [2.05, 4.69) is 5.10 Å². The maximum atomic E-state index is 12.3. The van der Waals surface area contributed by atoms with Gasteiger partial charge in [-0.3, -0.25) is 5.21 Å². The van der Waals surface area contributed by atoms with Crippen LogP contribution >= 0.6 is 0 Å². The number of carbonyl (C=O) groups is 2. The molecule has 0 amide bonds. The summed E-state index contributed by atoms with van der Waals surface area (Å²) in [6.45, 7) is 8.96. The minimum Gasteiger partial charge on any atom is -0.461 e. The van der Waals surface area contributed by atoms with E-state index in [1.807, 2.05) is 13.8 Å². The minimum atomic E-state index is -1.92. The Labute approximate surface area is 124 Å². The van der Waals surface area contributed by atoms with Crippen LogP contribution in [0.5, 0.6) is 0 Å². The number of hydrogen-bond acceptors (Lipinski definition) is 7. The SMILES string of the molecule is CCOC(=O)[C@@]1([C@@H](C)CC)OC(=O)C([C@@H](C)CC)=NN1O. The first-order chi connectivity index (χ1) is 9.84. The lowest BCUT2D eigenvalue weighted by atomic mass is 9.93. The van der Waals surface area contributed by atoms with E-state index in [1.54, 1.807) is 20.8 Å². The van der Waals surface area contributed by atoms with Gasteiger partial charge in [0.05, 0.1) is 6.61 Å². The van der Waals surface area contributed by atoms with Crippen molar-refractivity contribution in [1.82, 2.24) is 5.17 Å². The average Bonchev–Trinajstić information content (AvgIpc) is 2.47. The van der Waals surface area contributed by atoms with Crippen LogP contribution in [0.2, 0.25) is 0 Å². The Bertz CT molecular complexity index is 437. The van der Waals surface area contributed by atoms with Gasteiger partial charge in [-0.2, -0.15) is 0 Å². The second-order valence-electron chi connectivity index (χ2n) is 5.20. The molecule has 3 atom stereocenters. The van der Waals surface area contributed by atoms with E-state index in [4.69, 9.17) is 9.47 Å². The van der Waals surface area contributed by atoms with E-state index >= 15 is 0 Å². The van der Waals surface area contributed by atoms with Crippen molar-refractivity contribution in [3.05, 3.63) is 0 Å². The molecule has 1 aliphatic heterocycles. The van der Waals surface area contributed by atoms with Gasteiger partial charge in [0.2, 0.25) is 0 Å². The number of nitrogens with zero attached hydrogens (tertiary/aromatic N) is 2. The Morgan fingerprint density at radius 3 is 2.48 bits per heavy atom. The van der Waals surface area contributed by atoms with E-state index in [9.17, 15) is 14.8 Å². The molecule has 0 unspecified atom stereocenters.